The van der Waals surface area contributed by atoms with Crippen LogP contribution in [0.5, 0.6) is 0 Å². The molecular formula is C16H11F13O4S. The summed E-state index contributed by atoms with van der Waals surface area (Å²) in [6, 6.07) is -0.325. The summed E-state index contributed by atoms with van der Waals surface area (Å²) < 4.78 is 203. The van der Waals surface area contributed by atoms with Gasteiger partial charge >= 0.3 is 35.8 Å². The lowest BCUT2D eigenvalue weighted by Crippen LogP contribution is -2.69. The lowest BCUT2D eigenvalue weighted by molar-refractivity contribution is -0.441. The molecule has 1 aromatic rings. The second kappa shape index (κ2) is 8.53. The Bertz CT molecular complexity index is 1010. The van der Waals surface area contributed by atoms with Gasteiger partial charge in [-0.1, -0.05) is 31.2 Å². The molecule has 0 fully saturated rings. The van der Waals surface area contributed by atoms with Gasteiger partial charge in [0.1, 0.15) is 5.25 Å². The molecule has 1 aromatic carbocycles. The topological polar surface area (TPSA) is 71.4 Å². The minimum absolute atomic E-state index is 0.121. The summed E-state index contributed by atoms with van der Waals surface area (Å²) in [5.41, 5.74) is -3.22. The third kappa shape index (κ3) is 4.45. The first kappa shape index (κ1) is 29.9. The van der Waals surface area contributed by atoms with E-state index in [1.165, 1.54) is 0 Å². The van der Waals surface area contributed by atoms with Crippen molar-refractivity contribution in [3.63, 3.8) is 0 Å². The number of benzene rings is 1. The lowest BCUT2D eigenvalue weighted by atomic mass is 9.90. The van der Waals surface area contributed by atoms with Crippen molar-refractivity contribution in [2.45, 2.75) is 54.4 Å². The summed E-state index contributed by atoms with van der Waals surface area (Å²) in [4.78, 5) is 12.0. The molecule has 0 bridgehead atoms. The summed E-state index contributed by atoms with van der Waals surface area (Å²) in [6.45, 7) is 1.07. The molecule has 18 heteroatoms. The predicted molar refractivity (Wildman–Crippen MR) is 86.1 cm³/mol. The van der Waals surface area contributed by atoms with E-state index in [1.807, 2.05) is 0 Å². The predicted octanol–water partition coefficient (Wildman–Crippen LogP) is 5.73. The van der Waals surface area contributed by atoms with Gasteiger partial charge in [0.15, 0.2) is 5.78 Å². The number of Topliss-reactive ketones (excluding diaryl/α,β-unsaturated/α-hetero) is 1. The number of ketones is 1. The molecule has 1 atom stereocenters. The van der Waals surface area contributed by atoms with E-state index in [4.69, 9.17) is 4.55 Å². The van der Waals surface area contributed by atoms with Gasteiger partial charge in [0.25, 0.3) is 10.1 Å². The Kier molecular flexibility index (Phi) is 7.50. The largest absolute Gasteiger partial charge is 0.460 e. The van der Waals surface area contributed by atoms with Gasteiger partial charge in [-0.2, -0.15) is 65.5 Å². The molecule has 1 N–H and O–H groups in total. The molecule has 0 aliphatic heterocycles. The third-order valence-electron chi connectivity index (χ3n) is 4.49. The van der Waals surface area contributed by atoms with Gasteiger partial charge in [0.2, 0.25) is 0 Å². The van der Waals surface area contributed by atoms with Crippen molar-refractivity contribution in [1.29, 1.82) is 0 Å². The van der Waals surface area contributed by atoms with Crippen molar-refractivity contribution in [1.82, 2.24) is 0 Å². The number of carbonyl (C=O) groups excluding carboxylic acids is 1. The van der Waals surface area contributed by atoms with E-state index in [-0.39, 0.29) is 24.3 Å². The third-order valence-corrected chi connectivity index (χ3v) is 5.75. The van der Waals surface area contributed by atoms with E-state index in [0.29, 0.717) is 0 Å². The molecule has 0 aliphatic rings. The Morgan fingerprint density at radius 1 is 0.765 bits per heavy atom. The van der Waals surface area contributed by atoms with Gasteiger partial charge in [-0.25, -0.2) is 0 Å². The fourth-order valence-corrected chi connectivity index (χ4v) is 3.34. The number of alkyl halides is 13. The average Bonchev–Trinajstić information content (AvgIpc) is 2.65. The number of hydrogen-bond acceptors (Lipinski definition) is 3. The van der Waals surface area contributed by atoms with Crippen molar-refractivity contribution in [3.05, 3.63) is 35.4 Å². The van der Waals surface area contributed by atoms with Crippen LogP contribution in [0.4, 0.5) is 57.1 Å². The molecule has 0 saturated heterocycles. The summed E-state index contributed by atoms with van der Waals surface area (Å²) in [5, 5.41) is -2.17. The minimum Gasteiger partial charge on any atom is -0.293 e. The first-order valence-electron chi connectivity index (χ1n) is 8.39. The van der Waals surface area contributed by atoms with Crippen LogP contribution >= 0.6 is 0 Å². The minimum atomic E-state index is -8.05. The van der Waals surface area contributed by atoms with Crippen LogP contribution in [0.25, 0.3) is 0 Å². The molecule has 0 heterocycles. The van der Waals surface area contributed by atoms with Gasteiger partial charge in [-0.15, -0.1) is 0 Å². The summed E-state index contributed by atoms with van der Waals surface area (Å²) in [7, 11) is -5.05. The van der Waals surface area contributed by atoms with Gasteiger partial charge in [-0.3, -0.25) is 9.35 Å². The SMILES string of the molecule is CCC(C(=O)c1ccc(C(F)(F)C(F)(F)C(F)(F)C(F)(F)C(F)(F)C(F)(F)F)cc1)S(=O)(=O)O. The molecule has 0 amide bonds. The van der Waals surface area contributed by atoms with Crippen LogP contribution in [-0.2, 0) is 16.0 Å². The van der Waals surface area contributed by atoms with Gasteiger partial charge in [0.05, 0.1) is 0 Å². The Hall–Kier alpha value is -2.11. The Balaban J connectivity index is 3.52. The van der Waals surface area contributed by atoms with Crippen LogP contribution in [0, 0.1) is 0 Å². The van der Waals surface area contributed by atoms with Crippen LogP contribution in [-0.4, -0.2) is 53.9 Å². The molecule has 0 aliphatic carbocycles. The Morgan fingerprint density at radius 2 is 1.15 bits per heavy atom. The molecule has 4 nitrogen and oxygen atoms in total. The highest BCUT2D eigenvalue weighted by Crippen LogP contribution is 2.62. The number of carbonyl (C=O) groups is 1. The van der Waals surface area contributed by atoms with E-state index >= 15 is 0 Å². The van der Waals surface area contributed by atoms with Crippen molar-refractivity contribution < 1.29 is 74.8 Å². The molecule has 34 heavy (non-hydrogen) atoms. The highest BCUT2D eigenvalue weighted by molar-refractivity contribution is 7.87. The Labute approximate surface area is 181 Å². The second-order valence-corrected chi connectivity index (χ2v) is 8.32. The number of halogens is 13. The molecule has 0 radical (unpaired) electrons. The first-order valence-corrected chi connectivity index (χ1v) is 9.89. The zero-order valence-corrected chi connectivity index (χ0v) is 16.9. The van der Waals surface area contributed by atoms with E-state index in [9.17, 15) is 70.3 Å². The lowest BCUT2D eigenvalue weighted by Gasteiger charge is -2.39. The first-order chi connectivity index (χ1) is 14.8. The molecule has 1 unspecified atom stereocenters. The maximum absolute atomic E-state index is 14.1. The molecule has 0 aromatic heterocycles. The molecule has 0 spiro atoms. The van der Waals surface area contributed by atoms with E-state index in [1.54, 1.807) is 0 Å². The van der Waals surface area contributed by atoms with Crippen LogP contribution in [0.2, 0.25) is 0 Å². The monoisotopic (exact) mass is 546 g/mol. The van der Waals surface area contributed by atoms with Crippen LogP contribution in [0.3, 0.4) is 0 Å². The van der Waals surface area contributed by atoms with Crippen molar-refractivity contribution in [2.75, 3.05) is 0 Å². The van der Waals surface area contributed by atoms with E-state index < -0.39 is 74.5 Å². The summed E-state index contributed by atoms with van der Waals surface area (Å²) in [5.74, 6) is -39.4. The molecule has 196 valence electrons. The fraction of sp³-hybridized carbons (Fsp3) is 0.562. The van der Waals surface area contributed by atoms with Crippen LogP contribution < -0.4 is 0 Å². The van der Waals surface area contributed by atoms with Crippen LogP contribution in [0.15, 0.2) is 24.3 Å². The van der Waals surface area contributed by atoms with Crippen molar-refractivity contribution in [2.24, 2.45) is 0 Å². The zero-order valence-electron chi connectivity index (χ0n) is 16.1. The van der Waals surface area contributed by atoms with Crippen molar-refractivity contribution in [3.8, 4) is 0 Å². The van der Waals surface area contributed by atoms with Gasteiger partial charge < -0.3 is 0 Å². The standard InChI is InChI=1S/C16H11F13O4S/c1-2-9(34(31,32)33)10(30)7-3-5-8(6-4-7)11(17,18)12(19,20)13(21,22)14(23,24)15(25,26)16(27,28)29/h3-6,9H,2H2,1H3,(H,31,32,33). The highest BCUT2D eigenvalue weighted by Gasteiger charge is 2.90. The quantitative estimate of drug-likeness (QED) is 0.244. The molecule has 0 saturated carbocycles. The summed E-state index contributed by atoms with van der Waals surface area (Å²) >= 11 is 0. The number of rotatable bonds is 9. The Morgan fingerprint density at radius 3 is 1.47 bits per heavy atom. The maximum Gasteiger partial charge on any atom is 0.460 e. The zero-order chi connectivity index (χ0) is 27.3. The van der Waals surface area contributed by atoms with Gasteiger partial charge in [0, 0.05) is 11.1 Å². The van der Waals surface area contributed by atoms with E-state index in [2.05, 4.69) is 0 Å². The molecular weight excluding hydrogens is 535 g/mol. The van der Waals surface area contributed by atoms with Crippen LogP contribution in [0.1, 0.15) is 29.3 Å². The van der Waals surface area contributed by atoms with Crippen molar-refractivity contribution >= 4 is 15.9 Å². The molecule has 1 rings (SSSR count). The smallest absolute Gasteiger partial charge is 0.293 e. The fourth-order valence-electron chi connectivity index (χ4n) is 2.51. The number of hydrogen-bond donors (Lipinski definition) is 1. The second-order valence-electron chi connectivity index (χ2n) is 6.72. The normalized spacial score (nSPS) is 15.9. The van der Waals surface area contributed by atoms with Gasteiger partial charge in [-0.05, 0) is 6.42 Å². The maximum atomic E-state index is 14.1. The highest BCUT2D eigenvalue weighted by atomic mass is 32.2. The average molecular weight is 546 g/mol. The summed E-state index contributed by atoms with van der Waals surface area (Å²) in [6.07, 6.45) is -8.11. The van der Waals surface area contributed by atoms with E-state index in [0.717, 1.165) is 6.92 Å².